The molecule has 0 amide bonds. The molecule has 4 nitrogen and oxygen atoms in total. The molecule has 0 saturated carbocycles. The predicted molar refractivity (Wildman–Crippen MR) is 285 cm³/mol. The Morgan fingerprint density at radius 2 is 0.809 bits per heavy atom. The van der Waals surface area contributed by atoms with Crippen LogP contribution in [0.25, 0.3) is 110 Å². The fourth-order valence-electron chi connectivity index (χ4n) is 10.7. The molecule has 0 spiro atoms. The van der Waals surface area contributed by atoms with E-state index in [-0.39, 0.29) is 0 Å². The van der Waals surface area contributed by atoms with Crippen LogP contribution in [0.2, 0.25) is 0 Å². The van der Waals surface area contributed by atoms with Gasteiger partial charge in [0.2, 0.25) is 0 Å². The molecule has 0 N–H and O–H groups in total. The van der Waals surface area contributed by atoms with Crippen LogP contribution in [-0.4, -0.2) is 9.13 Å². The lowest BCUT2D eigenvalue weighted by Crippen LogP contribution is -2.10. The van der Waals surface area contributed by atoms with Crippen molar-refractivity contribution in [1.82, 2.24) is 9.13 Å². The number of fused-ring (bicyclic) bond motifs is 10. The summed E-state index contributed by atoms with van der Waals surface area (Å²) < 4.78 is 11.2. The second-order valence-corrected chi connectivity index (χ2v) is 17.7. The third kappa shape index (κ3) is 6.01. The first-order valence-corrected chi connectivity index (χ1v) is 23.2. The summed E-state index contributed by atoms with van der Waals surface area (Å²) in [5.41, 5.74) is 16.6. The highest BCUT2D eigenvalue weighted by Crippen LogP contribution is 2.42. The zero-order valence-electron chi connectivity index (χ0n) is 36.9. The number of furan rings is 1. The zero-order chi connectivity index (χ0) is 44.7. The van der Waals surface area contributed by atoms with Crippen molar-refractivity contribution in [2.75, 3.05) is 4.90 Å². The number of hydrogen-bond donors (Lipinski definition) is 0. The molecule has 0 aliphatic carbocycles. The number of hydrogen-bond acceptors (Lipinski definition) is 2. The fraction of sp³-hybridized carbons (Fsp3) is 0. The largest absolute Gasteiger partial charge is 0.455 e. The number of anilines is 3. The Morgan fingerprint density at radius 1 is 0.294 bits per heavy atom. The van der Waals surface area contributed by atoms with Gasteiger partial charge in [-0.05, 0) is 118 Å². The minimum absolute atomic E-state index is 0.901. The number of nitrogens with zero attached hydrogens (tertiary/aromatic N) is 3. The molecule has 0 radical (unpaired) electrons. The summed E-state index contributed by atoms with van der Waals surface area (Å²) in [6.45, 7) is 0. The Bertz CT molecular complexity index is 4200. The van der Waals surface area contributed by atoms with Crippen molar-refractivity contribution >= 4 is 93.4 Å². The number of benzene rings is 11. The fourth-order valence-corrected chi connectivity index (χ4v) is 10.7. The first-order chi connectivity index (χ1) is 33.7. The summed E-state index contributed by atoms with van der Waals surface area (Å²) in [4.78, 5) is 2.37. The van der Waals surface area contributed by atoms with Gasteiger partial charge in [-0.15, -0.1) is 0 Å². The summed E-state index contributed by atoms with van der Waals surface area (Å²) in [7, 11) is 0. The van der Waals surface area contributed by atoms with Gasteiger partial charge in [0.25, 0.3) is 0 Å². The van der Waals surface area contributed by atoms with Crippen LogP contribution in [0.4, 0.5) is 17.1 Å². The van der Waals surface area contributed by atoms with Crippen molar-refractivity contribution in [3.8, 4) is 33.6 Å². The monoisotopic (exact) mass is 867 g/mol. The molecular weight excluding hydrogens is 827 g/mol. The molecule has 0 aliphatic heterocycles. The Hall–Kier alpha value is -9.12. The molecule has 0 atom stereocenters. The van der Waals surface area contributed by atoms with Gasteiger partial charge in [-0.25, -0.2) is 0 Å². The Kier molecular flexibility index (Phi) is 8.55. The average molecular weight is 868 g/mol. The SMILES string of the molecule is c1ccc(-n2c3ccccc3c3ccc(-c4ccc(N(c5ccc(-c6cccc7c6oc6ccccc67)cc5)c5ccc6cc(-n7c8ccccc8c8ccccc87)ccc6c5)cc4)cc32)cc1. The van der Waals surface area contributed by atoms with Crippen molar-refractivity contribution in [3.05, 3.63) is 249 Å². The van der Waals surface area contributed by atoms with Crippen LogP contribution in [0.15, 0.2) is 253 Å². The van der Waals surface area contributed by atoms with E-state index < -0.39 is 0 Å². The topological polar surface area (TPSA) is 26.2 Å². The summed E-state index contributed by atoms with van der Waals surface area (Å²) in [6.07, 6.45) is 0. The second-order valence-electron chi connectivity index (χ2n) is 17.7. The molecule has 14 rings (SSSR count). The molecule has 318 valence electrons. The number of rotatable bonds is 7. The van der Waals surface area contributed by atoms with E-state index in [9.17, 15) is 0 Å². The van der Waals surface area contributed by atoms with Gasteiger partial charge in [0.1, 0.15) is 11.2 Å². The maximum Gasteiger partial charge on any atom is 0.143 e. The lowest BCUT2D eigenvalue weighted by Gasteiger charge is -2.26. The lowest BCUT2D eigenvalue weighted by atomic mass is 10.0. The van der Waals surface area contributed by atoms with E-state index in [0.717, 1.165) is 67.1 Å². The highest BCUT2D eigenvalue weighted by Gasteiger charge is 2.19. The minimum atomic E-state index is 0.901. The Labute approximate surface area is 392 Å². The lowest BCUT2D eigenvalue weighted by molar-refractivity contribution is 0.670. The van der Waals surface area contributed by atoms with Crippen molar-refractivity contribution in [2.24, 2.45) is 0 Å². The molecule has 0 bridgehead atoms. The third-order valence-electron chi connectivity index (χ3n) is 13.9. The quantitative estimate of drug-likeness (QED) is 0.160. The maximum atomic E-state index is 6.47. The molecule has 4 heteroatoms. The highest BCUT2D eigenvalue weighted by molar-refractivity contribution is 6.12. The van der Waals surface area contributed by atoms with Crippen LogP contribution in [-0.2, 0) is 0 Å². The first kappa shape index (κ1) is 38.2. The Balaban J connectivity index is 0.879. The molecule has 0 unspecified atom stereocenters. The molecule has 68 heavy (non-hydrogen) atoms. The minimum Gasteiger partial charge on any atom is -0.455 e. The van der Waals surface area contributed by atoms with Crippen LogP contribution in [0.5, 0.6) is 0 Å². The van der Waals surface area contributed by atoms with Crippen LogP contribution < -0.4 is 4.90 Å². The second kappa shape index (κ2) is 15.2. The van der Waals surface area contributed by atoms with E-state index in [1.165, 1.54) is 59.9 Å². The van der Waals surface area contributed by atoms with E-state index in [1.807, 2.05) is 12.1 Å². The average Bonchev–Trinajstić information content (AvgIpc) is 4.07. The zero-order valence-corrected chi connectivity index (χ0v) is 36.9. The van der Waals surface area contributed by atoms with Gasteiger partial charge >= 0.3 is 0 Å². The standard InChI is InChI=1S/C64H41N3O/c1-2-13-47(14-3-1)66-59-21-8-6-17-55(59)56-38-31-46(41-62(56)66)42-25-32-48(33-26-42)65(49-34-27-43(28-35-49)52-19-12-20-58-57-18-7-11-24-63(57)68-64(52)58)50-36-29-45-40-51(37-30-44(45)39-50)67-60-22-9-4-15-53(60)54-16-5-10-23-61(54)67/h1-41H. The predicted octanol–water partition coefficient (Wildman–Crippen LogP) is 17.7. The van der Waals surface area contributed by atoms with Crippen molar-refractivity contribution in [1.29, 1.82) is 0 Å². The van der Waals surface area contributed by atoms with Crippen molar-refractivity contribution < 1.29 is 4.42 Å². The van der Waals surface area contributed by atoms with E-state index in [4.69, 9.17) is 4.42 Å². The molecule has 0 aliphatic rings. The Morgan fingerprint density at radius 3 is 1.50 bits per heavy atom. The molecule has 11 aromatic carbocycles. The molecular formula is C64H41N3O. The van der Waals surface area contributed by atoms with Gasteiger partial charge in [0.15, 0.2) is 0 Å². The van der Waals surface area contributed by atoms with Gasteiger partial charge in [0, 0.05) is 66.3 Å². The maximum absolute atomic E-state index is 6.47. The number of aromatic nitrogens is 2. The summed E-state index contributed by atoms with van der Waals surface area (Å²) in [6, 6.07) is 90.0. The van der Waals surface area contributed by atoms with Crippen LogP contribution >= 0.6 is 0 Å². The van der Waals surface area contributed by atoms with E-state index >= 15 is 0 Å². The molecule has 0 fully saturated rings. The van der Waals surface area contributed by atoms with Gasteiger partial charge in [-0.2, -0.15) is 0 Å². The van der Waals surface area contributed by atoms with Crippen molar-refractivity contribution in [2.45, 2.75) is 0 Å². The van der Waals surface area contributed by atoms with Gasteiger partial charge in [-0.3, -0.25) is 0 Å². The normalized spacial score (nSPS) is 11.8. The molecule has 3 aromatic heterocycles. The van der Waals surface area contributed by atoms with Crippen LogP contribution in [0, 0.1) is 0 Å². The van der Waals surface area contributed by atoms with E-state index in [0.29, 0.717) is 0 Å². The summed E-state index contributed by atoms with van der Waals surface area (Å²) in [5, 5.41) is 9.63. The van der Waals surface area contributed by atoms with Crippen LogP contribution in [0.1, 0.15) is 0 Å². The van der Waals surface area contributed by atoms with Gasteiger partial charge in [-0.1, -0.05) is 158 Å². The molecule has 3 heterocycles. The first-order valence-electron chi connectivity index (χ1n) is 23.2. The van der Waals surface area contributed by atoms with Crippen molar-refractivity contribution in [3.63, 3.8) is 0 Å². The van der Waals surface area contributed by atoms with Gasteiger partial charge in [0.05, 0.1) is 22.1 Å². The molecule has 14 aromatic rings. The third-order valence-corrected chi connectivity index (χ3v) is 13.9. The van der Waals surface area contributed by atoms with E-state index in [2.05, 4.69) is 251 Å². The smallest absolute Gasteiger partial charge is 0.143 e. The number of para-hydroxylation sites is 6. The molecule has 0 saturated heterocycles. The van der Waals surface area contributed by atoms with E-state index in [1.54, 1.807) is 0 Å². The summed E-state index contributed by atoms with van der Waals surface area (Å²) in [5.74, 6) is 0. The summed E-state index contributed by atoms with van der Waals surface area (Å²) >= 11 is 0. The van der Waals surface area contributed by atoms with Crippen LogP contribution in [0.3, 0.4) is 0 Å². The highest BCUT2D eigenvalue weighted by atomic mass is 16.3. The van der Waals surface area contributed by atoms with Gasteiger partial charge < -0.3 is 18.5 Å².